The lowest BCUT2D eigenvalue weighted by Gasteiger charge is -2.27. The second kappa shape index (κ2) is 7.30. The highest BCUT2D eigenvalue weighted by Crippen LogP contribution is 2.32. The van der Waals surface area contributed by atoms with Crippen LogP contribution in [0.3, 0.4) is 0 Å². The van der Waals surface area contributed by atoms with Crippen molar-refractivity contribution in [2.24, 2.45) is 23.5 Å². The molecule has 1 fully saturated rings. The van der Waals surface area contributed by atoms with Crippen LogP contribution in [-0.4, -0.2) is 36.2 Å². The molecule has 1 rings (SSSR count). The summed E-state index contributed by atoms with van der Waals surface area (Å²) in [5, 5.41) is 0. The maximum absolute atomic E-state index is 12.2. The molecule has 2 N–H and O–H groups in total. The van der Waals surface area contributed by atoms with Crippen LogP contribution in [0.25, 0.3) is 0 Å². The summed E-state index contributed by atoms with van der Waals surface area (Å²) in [6.45, 7) is 12.6. The Hall–Kier alpha value is -0.770. The Morgan fingerprint density at radius 1 is 1.30 bits per heavy atom. The van der Waals surface area contributed by atoms with E-state index in [2.05, 4.69) is 13.8 Å². The number of carbonyl (C=O) groups excluding carboxylic acids is 1. The summed E-state index contributed by atoms with van der Waals surface area (Å²) in [6.07, 6.45) is 2.99. The van der Waals surface area contributed by atoms with Gasteiger partial charge in [-0.15, -0.1) is 0 Å². The van der Waals surface area contributed by atoms with Crippen molar-refractivity contribution in [1.82, 2.24) is 4.90 Å². The van der Waals surface area contributed by atoms with Gasteiger partial charge >= 0.3 is 6.09 Å². The molecule has 1 aliphatic rings. The first kappa shape index (κ1) is 17.3. The van der Waals surface area contributed by atoms with Crippen LogP contribution in [0.4, 0.5) is 4.79 Å². The van der Waals surface area contributed by atoms with E-state index >= 15 is 0 Å². The summed E-state index contributed by atoms with van der Waals surface area (Å²) in [5.74, 6) is 1.93. The van der Waals surface area contributed by atoms with Gasteiger partial charge in [0, 0.05) is 13.1 Å². The van der Waals surface area contributed by atoms with Gasteiger partial charge in [0.2, 0.25) is 0 Å². The molecule has 2 atom stereocenters. The Kier molecular flexibility index (Phi) is 6.31. The fourth-order valence-corrected chi connectivity index (χ4v) is 3.15. The number of hydrogen-bond acceptors (Lipinski definition) is 3. The lowest BCUT2D eigenvalue weighted by atomic mass is 9.78. The molecule has 1 saturated heterocycles. The highest BCUT2D eigenvalue weighted by molar-refractivity contribution is 5.68. The predicted molar refractivity (Wildman–Crippen MR) is 82.5 cm³/mol. The third-order valence-electron chi connectivity index (χ3n) is 4.15. The quantitative estimate of drug-likeness (QED) is 0.865. The lowest BCUT2D eigenvalue weighted by molar-refractivity contribution is 0.0253. The van der Waals surface area contributed by atoms with E-state index < -0.39 is 5.60 Å². The first-order valence-electron chi connectivity index (χ1n) is 7.92. The molecule has 2 unspecified atom stereocenters. The van der Waals surface area contributed by atoms with Crippen LogP contribution in [0.2, 0.25) is 0 Å². The number of rotatable bonds is 3. The summed E-state index contributed by atoms with van der Waals surface area (Å²) in [6, 6.07) is 0. The summed E-state index contributed by atoms with van der Waals surface area (Å²) in [7, 11) is 0. The second-order valence-corrected chi connectivity index (χ2v) is 7.29. The molecule has 20 heavy (non-hydrogen) atoms. The molecule has 118 valence electrons. The number of carbonyl (C=O) groups is 1. The van der Waals surface area contributed by atoms with Crippen molar-refractivity contribution < 1.29 is 9.53 Å². The molecule has 0 aromatic rings. The molecule has 1 amide bonds. The van der Waals surface area contributed by atoms with E-state index in [-0.39, 0.29) is 6.09 Å². The zero-order valence-corrected chi connectivity index (χ0v) is 13.8. The number of amides is 1. The largest absolute Gasteiger partial charge is 0.444 e. The fourth-order valence-electron chi connectivity index (χ4n) is 3.15. The second-order valence-electron chi connectivity index (χ2n) is 7.29. The molecule has 1 heterocycles. The summed E-state index contributed by atoms with van der Waals surface area (Å²) >= 11 is 0. The average molecular weight is 284 g/mol. The Morgan fingerprint density at radius 3 is 2.40 bits per heavy atom. The van der Waals surface area contributed by atoms with Crippen LogP contribution in [0.5, 0.6) is 0 Å². The van der Waals surface area contributed by atoms with Gasteiger partial charge in [-0.25, -0.2) is 4.79 Å². The SMILES string of the molecule is CC(C)C1CCN(C(=O)OC(C)(C)C)CCC1CCN. The van der Waals surface area contributed by atoms with Crippen LogP contribution in [0.15, 0.2) is 0 Å². The van der Waals surface area contributed by atoms with Crippen molar-refractivity contribution in [3.63, 3.8) is 0 Å². The Labute approximate surface area is 124 Å². The normalized spacial score (nSPS) is 24.6. The summed E-state index contributed by atoms with van der Waals surface area (Å²) in [5.41, 5.74) is 5.33. The number of nitrogens with two attached hydrogens (primary N) is 1. The molecule has 0 aliphatic carbocycles. The summed E-state index contributed by atoms with van der Waals surface area (Å²) < 4.78 is 5.49. The van der Waals surface area contributed by atoms with E-state index in [0.717, 1.165) is 38.9 Å². The van der Waals surface area contributed by atoms with Crippen molar-refractivity contribution >= 4 is 6.09 Å². The van der Waals surface area contributed by atoms with Gasteiger partial charge in [-0.05, 0) is 64.3 Å². The molecular formula is C16H32N2O2. The van der Waals surface area contributed by atoms with Gasteiger partial charge in [-0.3, -0.25) is 0 Å². The number of ether oxygens (including phenoxy) is 1. The van der Waals surface area contributed by atoms with E-state index in [1.165, 1.54) is 0 Å². The minimum atomic E-state index is -0.419. The molecular weight excluding hydrogens is 252 g/mol. The van der Waals surface area contributed by atoms with Crippen LogP contribution in [0.1, 0.15) is 53.9 Å². The minimum absolute atomic E-state index is 0.173. The van der Waals surface area contributed by atoms with Gasteiger partial charge < -0.3 is 15.4 Å². The Morgan fingerprint density at radius 2 is 1.90 bits per heavy atom. The van der Waals surface area contributed by atoms with E-state index in [1.54, 1.807) is 0 Å². The molecule has 0 spiro atoms. The molecule has 4 nitrogen and oxygen atoms in total. The van der Waals surface area contributed by atoms with E-state index in [0.29, 0.717) is 17.8 Å². The third-order valence-corrected chi connectivity index (χ3v) is 4.15. The molecule has 0 aromatic heterocycles. The Bertz CT molecular complexity index is 310. The van der Waals surface area contributed by atoms with Crippen molar-refractivity contribution in [2.75, 3.05) is 19.6 Å². The fraction of sp³-hybridized carbons (Fsp3) is 0.938. The van der Waals surface area contributed by atoms with Crippen molar-refractivity contribution in [2.45, 2.75) is 59.5 Å². The number of likely N-dealkylation sites (tertiary alicyclic amines) is 1. The van der Waals surface area contributed by atoms with Gasteiger partial charge in [-0.1, -0.05) is 13.8 Å². The molecule has 0 radical (unpaired) electrons. The smallest absolute Gasteiger partial charge is 0.410 e. The highest BCUT2D eigenvalue weighted by atomic mass is 16.6. The standard InChI is InChI=1S/C16H32N2O2/c1-12(2)14-8-11-18(10-7-13(14)6-9-17)15(19)20-16(3,4)5/h12-14H,6-11,17H2,1-5H3. The van der Waals surface area contributed by atoms with Crippen molar-refractivity contribution in [3.05, 3.63) is 0 Å². The van der Waals surface area contributed by atoms with Gasteiger partial charge in [0.25, 0.3) is 0 Å². The molecule has 0 bridgehead atoms. The molecule has 0 aromatic carbocycles. The van der Waals surface area contributed by atoms with E-state index in [1.807, 2.05) is 25.7 Å². The van der Waals surface area contributed by atoms with Gasteiger partial charge in [0.15, 0.2) is 0 Å². The maximum atomic E-state index is 12.2. The molecule has 4 heteroatoms. The van der Waals surface area contributed by atoms with E-state index in [9.17, 15) is 4.79 Å². The first-order chi connectivity index (χ1) is 9.24. The number of nitrogens with zero attached hydrogens (tertiary/aromatic N) is 1. The highest BCUT2D eigenvalue weighted by Gasteiger charge is 2.31. The van der Waals surface area contributed by atoms with Crippen LogP contribution in [0, 0.1) is 17.8 Å². The Balaban J connectivity index is 2.66. The first-order valence-corrected chi connectivity index (χ1v) is 7.92. The number of hydrogen-bond donors (Lipinski definition) is 1. The zero-order valence-electron chi connectivity index (χ0n) is 13.8. The van der Waals surface area contributed by atoms with Crippen LogP contribution in [-0.2, 0) is 4.74 Å². The van der Waals surface area contributed by atoms with Crippen LogP contribution >= 0.6 is 0 Å². The summed E-state index contributed by atoms with van der Waals surface area (Å²) in [4.78, 5) is 14.1. The van der Waals surface area contributed by atoms with Gasteiger partial charge in [0.1, 0.15) is 5.60 Å². The molecule has 0 saturated carbocycles. The zero-order chi connectivity index (χ0) is 15.3. The lowest BCUT2D eigenvalue weighted by Crippen LogP contribution is -2.37. The van der Waals surface area contributed by atoms with Gasteiger partial charge in [0.05, 0.1) is 0 Å². The third kappa shape index (κ3) is 5.31. The predicted octanol–water partition coefficient (Wildman–Crippen LogP) is 3.25. The van der Waals surface area contributed by atoms with E-state index in [4.69, 9.17) is 10.5 Å². The topological polar surface area (TPSA) is 55.6 Å². The van der Waals surface area contributed by atoms with Crippen LogP contribution < -0.4 is 5.73 Å². The van der Waals surface area contributed by atoms with Gasteiger partial charge in [-0.2, -0.15) is 0 Å². The van der Waals surface area contributed by atoms with Crippen molar-refractivity contribution in [1.29, 1.82) is 0 Å². The monoisotopic (exact) mass is 284 g/mol. The minimum Gasteiger partial charge on any atom is -0.444 e. The van der Waals surface area contributed by atoms with Crippen molar-refractivity contribution in [3.8, 4) is 0 Å². The maximum Gasteiger partial charge on any atom is 0.410 e. The average Bonchev–Trinajstić information content (AvgIpc) is 2.50. The molecule has 1 aliphatic heterocycles.